The van der Waals surface area contributed by atoms with Gasteiger partial charge in [0.15, 0.2) is 12.3 Å². The number of halogens is 2. The summed E-state index contributed by atoms with van der Waals surface area (Å²) in [6.45, 7) is 3.42. The van der Waals surface area contributed by atoms with E-state index in [2.05, 4.69) is 5.32 Å². The Morgan fingerprint density at radius 1 is 1.18 bits per heavy atom. The van der Waals surface area contributed by atoms with Crippen molar-refractivity contribution in [3.8, 4) is 0 Å². The summed E-state index contributed by atoms with van der Waals surface area (Å²) >= 11 is 12.1. The fourth-order valence-corrected chi connectivity index (χ4v) is 3.47. The van der Waals surface area contributed by atoms with E-state index in [1.165, 1.54) is 4.90 Å². The molecule has 2 aliphatic heterocycles. The Morgan fingerprint density at radius 2 is 1.77 bits per heavy atom. The molecule has 2 fully saturated rings. The van der Waals surface area contributed by atoms with Crippen molar-refractivity contribution in [3.63, 3.8) is 0 Å². The molecule has 1 aromatic rings. The van der Waals surface area contributed by atoms with Crippen LogP contribution in [0.1, 0.15) is 12.8 Å². The number of likely N-dealkylation sites (tertiary alicyclic amines) is 1. The van der Waals surface area contributed by atoms with Crippen LogP contribution >= 0.6 is 23.2 Å². The summed E-state index contributed by atoms with van der Waals surface area (Å²) in [5.41, 5.74) is 0.478. The number of rotatable bonds is 3. The topological polar surface area (TPSA) is 52.0 Å². The highest BCUT2D eigenvalue weighted by Crippen LogP contribution is 2.30. The Morgan fingerprint density at radius 3 is 2.36 bits per heavy atom. The van der Waals surface area contributed by atoms with Crippen molar-refractivity contribution in [2.75, 3.05) is 38.2 Å². The molecule has 7 heteroatoms. The van der Waals surface area contributed by atoms with E-state index >= 15 is 0 Å². The molecular formula is C15H19Cl2N2O3+. The van der Waals surface area contributed by atoms with Crippen molar-refractivity contribution in [2.24, 2.45) is 0 Å². The van der Waals surface area contributed by atoms with Gasteiger partial charge in [0.1, 0.15) is 0 Å². The molecule has 2 N–H and O–H groups in total. The van der Waals surface area contributed by atoms with E-state index in [0.29, 0.717) is 35.5 Å². The molecule has 1 spiro atoms. The maximum Gasteiger partial charge on any atom is 0.279 e. The van der Waals surface area contributed by atoms with Gasteiger partial charge in [-0.3, -0.25) is 4.79 Å². The summed E-state index contributed by atoms with van der Waals surface area (Å²) in [5, 5.41) is 3.69. The van der Waals surface area contributed by atoms with E-state index in [4.69, 9.17) is 32.7 Å². The number of amides is 1. The van der Waals surface area contributed by atoms with Gasteiger partial charge in [0.25, 0.3) is 5.91 Å². The van der Waals surface area contributed by atoms with Crippen molar-refractivity contribution in [2.45, 2.75) is 18.6 Å². The summed E-state index contributed by atoms with van der Waals surface area (Å²) < 4.78 is 11.4. The third-order valence-electron chi connectivity index (χ3n) is 4.17. The van der Waals surface area contributed by atoms with E-state index < -0.39 is 5.79 Å². The van der Waals surface area contributed by atoms with Crippen molar-refractivity contribution >= 4 is 34.8 Å². The minimum absolute atomic E-state index is 0.0887. The van der Waals surface area contributed by atoms with Gasteiger partial charge in [-0.1, -0.05) is 29.3 Å². The average molecular weight is 346 g/mol. The maximum atomic E-state index is 12.2. The zero-order valence-electron chi connectivity index (χ0n) is 12.2. The molecule has 3 rings (SSSR count). The number of quaternary nitrogens is 1. The van der Waals surface area contributed by atoms with Gasteiger partial charge in [-0.05, 0) is 12.1 Å². The van der Waals surface area contributed by atoms with Crippen LogP contribution in [0.5, 0.6) is 0 Å². The van der Waals surface area contributed by atoms with Crippen LogP contribution in [0.2, 0.25) is 10.0 Å². The highest BCUT2D eigenvalue weighted by atomic mass is 35.5. The molecule has 0 aromatic heterocycles. The van der Waals surface area contributed by atoms with E-state index in [9.17, 15) is 4.79 Å². The van der Waals surface area contributed by atoms with E-state index in [-0.39, 0.29) is 5.91 Å². The molecule has 0 atom stereocenters. The molecule has 22 heavy (non-hydrogen) atoms. The first-order chi connectivity index (χ1) is 10.6. The smallest absolute Gasteiger partial charge is 0.279 e. The fraction of sp³-hybridized carbons (Fsp3) is 0.533. The van der Waals surface area contributed by atoms with Crippen LogP contribution in [0, 0.1) is 0 Å². The molecule has 0 aliphatic carbocycles. The van der Waals surface area contributed by atoms with Crippen LogP contribution < -0.4 is 10.2 Å². The number of hydrogen-bond donors (Lipinski definition) is 2. The zero-order valence-corrected chi connectivity index (χ0v) is 13.7. The van der Waals surface area contributed by atoms with Gasteiger partial charge >= 0.3 is 0 Å². The third-order valence-corrected chi connectivity index (χ3v) is 4.80. The highest BCUT2D eigenvalue weighted by molar-refractivity contribution is 6.39. The minimum Gasteiger partial charge on any atom is -0.347 e. The number of nitrogens with one attached hydrogen (secondary N) is 2. The largest absolute Gasteiger partial charge is 0.347 e. The lowest BCUT2D eigenvalue weighted by molar-refractivity contribution is -0.900. The maximum absolute atomic E-state index is 12.2. The number of anilines is 1. The number of benzene rings is 1. The summed E-state index contributed by atoms with van der Waals surface area (Å²) in [4.78, 5) is 13.4. The predicted molar refractivity (Wildman–Crippen MR) is 84.5 cm³/mol. The van der Waals surface area contributed by atoms with Crippen LogP contribution in [0.4, 0.5) is 5.69 Å². The molecule has 2 aliphatic rings. The average Bonchev–Trinajstić information content (AvgIpc) is 2.94. The molecule has 0 saturated carbocycles. The third kappa shape index (κ3) is 3.55. The number of carbonyl (C=O) groups is 1. The van der Waals surface area contributed by atoms with E-state index in [1.807, 2.05) is 0 Å². The van der Waals surface area contributed by atoms with Crippen LogP contribution in [0.15, 0.2) is 18.2 Å². The quantitative estimate of drug-likeness (QED) is 0.869. The number of ether oxygens (including phenoxy) is 2. The number of hydrogen-bond acceptors (Lipinski definition) is 3. The lowest BCUT2D eigenvalue weighted by Crippen LogP contribution is -3.14. The Labute approximate surface area is 139 Å². The Bertz CT molecular complexity index is 531. The van der Waals surface area contributed by atoms with E-state index in [0.717, 1.165) is 25.9 Å². The predicted octanol–water partition coefficient (Wildman–Crippen LogP) is 1.35. The van der Waals surface area contributed by atoms with Crippen LogP contribution in [-0.2, 0) is 14.3 Å². The second-order valence-electron chi connectivity index (χ2n) is 5.68. The first kappa shape index (κ1) is 16.0. The summed E-state index contributed by atoms with van der Waals surface area (Å²) in [7, 11) is 0. The standard InChI is InChI=1S/C15H18Cl2N2O3/c16-11-2-1-3-12(17)14(11)18-13(20)10-19-6-4-15(5-7-19)21-8-9-22-15/h1-3H,4-10H2,(H,18,20)/p+1. The van der Waals surface area contributed by atoms with Crippen molar-refractivity contribution in [3.05, 3.63) is 28.2 Å². The molecule has 0 radical (unpaired) electrons. The fourth-order valence-electron chi connectivity index (χ4n) is 2.97. The van der Waals surface area contributed by atoms with Gasteiger partial charge in [0, 0.05) is 0 Å². The Hall–Kier alpha value is -0.850. The Balaban J connectivity index is 1.52. The molecule has 5 nitrogen and oxygen atoms in total. The number of carbonyl (C=O) groups excluding carboxylic acids is 1. The van der Waals surface area contributed by atoms with Crippen LogP contribution in [0.25, 0.3) is 0 Å². The second kappa shape index (κ2) is 6.72. The molecule has 0 unspecified atom stereocenters. The first-order valence-corrected chi connectivity index (χ1v) is 8.19. The summed E-state index contributed by atoms with van der Waals surface area (Å²) in [5.74, 6) is -0.485. The molecule has 0 bridgehead atoms. The minimum atomic E-state index is -0.397. The summed E-state index contributed by atoms with van der Waals surface area (Å²) in [6, 6.07) is 5.15. The van der Waals surface area contributed by atoms with Gasteiger partial charge in [-0.15, -0.1) is 0 Å². The Kier molecular flexibility index (Phi) is 4.90. The first-order valence-electron chi connectivity index (χ1n) is 7.43. The molecule has 1 amide bonds. The zero-order chi connectivity index (χ0) is 15.6. The highest BCUT2D eigenvalue weighted by Gasteiger charge is 2.42. The van der Waals surface area contributed by atoms with Crippen LogP contribution in [0.3, 0.4) is 0 Å². The lowest BCUT2D eigenvalue weighted by atomic mass is 10.0. The monoisotopic (exact) mass is 345 g/mol. The van der Waals surface area contributed by atoms with Crippen molar-refractivity contribution in [1.29, 1.82) is 0 Å². The summed E-state index contributed by atoms with van der Waals surface area (Å²) in [6.07, 6.45) is 1.64. The normalized spacial score (nSPS) is 21.2. The van der Waals surface area contributed by atoms with Crippen molar-refractivity contribution < 1.29 is 19.2 Å². The molecule has 1 aromatic carbocycles. The molecule has 2 heterocycles. The van der Waals surface area contributed by atoms with Gasteiger partial charge < -0.3 is 19.7 Å². The molecule has 2 saturated heterocycles. The van der Waals surface area contributed by atoms with Gasteiger partial charge in [0.05, 0.1) is 54.9 Å². The molecular weight excluding hydrogens is 327 g/mol. The molecule has 120 valence electrons. The SMILES string of the molecule is O=C(C[NH+]1CCC2(CC1)OCCO2)Nc1c(Cl)cccc1Cl. The van der Waals surface area contributed by atoms with E-state index in [1.54, 1.807) is 18.2 Å². The lowest BCUT2D eigenvalue weighted by Gasteiger charge is -2.34. The van der Waals surface area contributed by atoms with Gasteiger partial charge in [-0.25, -0.2) is 0 Å². The van der Waals surface area contributed by atoms with Gasteiger partial charge in [-0.2, -0.15) is 0 Å². The van der Waals surface area contributed by atoms with Crippen molar-refractivity contribution in [1.82, 2.24) is 0 Å². The number of para-hydroxylation sites is 1. The van der Waals surface area contributed by atoms with Crippen LogP contribution in [-0.4, -0.2) is 44.5 Å². The van der Waals surface area contributed by atoms with Gasteiger partial charge in [0.2, 0.25) is 0 Å². The number of piperidine rings is 1. The second-order valence-corrected chi connectivity index (χ2v) is 6.49.